The number of ether oxygens (including phenoxy) is 3. The van der Waals surface area contributed by atoms with Crippen molar-refractivity contribution in [2.24, 2.45) is 5.92 Å². The summed E-state index contributed by atoms with van der Waals surface area (Å²) in [7, 11) is 0. The van der Waals surface area contributed by atoms with Crippen LogP contribution in [0.4, 0.5) is 13.2 Å². The predicted molar refractivity (Wildman–Crippen MR) is 140 cm³/mol. The van der Waals surface area contributed by atoms with Crippen molar-refractivity contribution in [2.75, 3.05) is 19.8 Å². The molecule has 0 bridgehead atoms. The number of benzene rings is 2. The average molecular weight is 519 g/mol. The van der Waals surface area contributed by atoms with E-state index in [1.807, 2.05) is 13.0 Å². The van der Waals surface area contributed by atoms with Crippen LogP contribution in [0.2, 0.25) is 0 Å². The molecule has 2 aliphatic carbocycles. The van der Waals surface area contributed by atoms with Gasteiger partial charge in [0.2, 0.25) is 5.82 Å². The molecule has 0 heterocycles. The van der Waals surface area contributed by atoms with Crippen molar-refractivity contribution in [2.45, 2.75) is 96.0 Å². The summed E-state index contributed by atoms with van der Waals surface area (Å²) >= 11 is 0. The van der Waals surface area contributed by atoms with Crippen LogP contribution in [0.15, 0.2) is 30.3 Å². The van der Waals surface area contributed by atoms with Crippen molar-refractivity contribution in [3.8, 4) is 11.5 Å². The molecule has 2 saturated carbocycles. The smallest absolute Gasteiger partial charge is 0.200 e. The summed E-state index contributed by atoms with van der Waals surface area (Å²) in [5, 5.41) is 0. The molecule has 2 fully saturated rings. The van der Waals surface area contributed by atoms with Crippen LogP contribution >= 0.6 is 0 Å². The number of rotatable bonds is 11. The van der Waals surface area contributed by atoms with Crippen molar-refractivity contribution < 1.29 is 27.4 Å². The monoisotopic (exact) mass is 518 g/mol. The Balaban J connectivity index is 1.25. The van der Waals surface area contributed by atoms with Gasteiger partial charge in [-0.15, -0.1) is 0 Å². The lowest BCUT2D eigenvalue weighted by Crippen LogP contribution is -2.22. The maximum atomic E-state index is 15.0. The average Bonchev–Trinajstić information content (AvgIpc) is 2.92. The van der Waals surface area contributed by atoms with Crippen LogP contribution in [0, 0.1) is 23.4 Å². The lowest BCUT2D eigenvalue weighted by Gasteiger charge is -2.30. The Hall–Kier alpha value is -2.21. The first-order chi connectivity index (χ1) is 18.0. The Bertz CT molecular complexity index is 995. The molecule has 0 saturated heterocycles. The van der Waals surface area contributed by atoms with Crippen molar-refractivity contribution in [1.29, 1.82) is 0 Å². The second-order valence-electron chi connectivity index (χ2n) is 10.6. The van der Waals surface area contributed by atoms with Crippen LogP contribution in [-0.2, 0) is 4.74 Å². The van der Waals surface area contributed by atoms with E-state index in [1.165, 1.54) is 0 Å². The lowest BCUT2D eigenvalue weighted by molar-refractivity contribution is 0.0230. The van der Waals surface area contributed by atoms with E-state index in [0.29, 0.717) is 24.7 Å². The predicted octanol–water partition coefficient (Wildman–Crippen LogP) is 8.70. The van der Waals surface area contributed by atoms with E-state index in [9.17, 15) is 13.2 Å². The molecule has 0 N–H and O–H groups in total. The number of hydrogen-bond donors (Lipinski definition) is 0. The summed E-state index contributed by atoms with van der Waals surface area (Å²) in [5.41, 5.74) is 1.45. The highest BCUT2D eigenvalue weighted by Crippen LogP contribution is 2.39. The molecular formula is C31H41F3O3. The molecule has 0 amide bonds. The fraction of sp³-hybridized carbons (Fsp3) is 0.613. The van der Waals surface area contributed by atoms with E-state index < -0.39 is 11.6 Å². The minimum absolute atomic E-state index is 0.00598. The maximum absolute atomic E-state index is 15.0. The van der Waals surface area contributed by atoms with Gasteiger partial charge in [-0.3, -0.25) is 0 Å². The minimum Gasteiger partial charge on any atom is -0.491 e. The van der Waals surface area contributed by atoms with E-state index in [4.69, 9.17) is 14.2 Å². The first-order valence-electron chi connectivity index (χ1n) is 14.1. The van der Waals surface area contributed by atoms with Gasteiger partial charge in [-0.05, 0) is 112 Å². The van der Waals surface area contributed by atoms with E-state index in [2.05, 4.69) is 6.92 Å². The Morgan fingerprint density at radius 1 is 0.757 bits per heavy atom. The Kier molecular flexibility index (Phi) is 10.2. The van der Waals surface area contributed by atoms with E-state index in [1.54, 1.807) is 24.3 Å². The number of hydrogen-bond acceptors (Lipinski definition) is 3. The van der Waals surface area contributed by atoms with Gasteiger partial charge in [0.15, 0.2) is 23.1 Å². The van der Waals surface area contributed by atoms with Gasteiger partial charge >= 0.3 is 0 Å². The molecule has 0 spiro atoms. The fourth-order valence-electron chi connectivity index (χ4n) is 5.82. The second kappa shape index (κ2) is 13.5. The van der Waals surface area contributed by atoms with E-state index in [-0.39, 0.29) is 35.3 Å². The van der Waals surface area contributed by atoms with Gasteiger partial charge in [0.1, 0.15) is 0 Å². The largest absolute Gasteiger partial charge is 0.491 e. The molecule has 2 aliphatic rings. The highest BCUT2D eigenvalue weighted by molar-refractivity contribution is 5.34. The van der Waals surface area contributed by atoms with Crippen molar-refractivity contribution in [3.63, 3.8) is 0 Å². The third-order valence-corrected chi connectivity index (χ3v) is 8.09. The minimum atomic E-state index is -0.877. The van der Waals surface area contributed by atoms with Gasteiger partial charge < -0.3 is 14.2 Å². The van der Waals surface area contributed by atoms with Gasteiger partial charge in [-0.2, -0.15) is 4.39 Å². The summed E-state index contributed by atoms with van der Waals surface area (Å²) < 4.78 is 61.1. The Morgan fingerprint density at radius 2 is 1.46 bits per heavy atom. The first kappa shape index (κ1) is 27.8. The van der Waals surface area contributed by atoms with Gasteiger partial charge in [0.05, 0.1) is 19.3 Å². The summed E-state index contributed by atoms with van der Waals surface area (Å²) in [6.07, 6.45) is 9.47. The molecule has 0 aromatic heterocycles. The van der Waals surface area contributed by atoms with Gasteiger partial charge in [-0.1, -0.05) is 25.5 Å². The van der Waals surface area contributed by atoms with Gasteiger partial charge in [0, 0.05) is 6.61 Å². The molecule has 2 aromatic carbocycles. The topological polar surface area (TPSA) is 27.7 Å². The number of halogens is 3. The third-order valence-electron chi connectivity index (χ3n) is 8.09. The molecule has 37 heavy (non-hydrogen) atoms. The molecular weight excluding hydrogens is 477 g/mol. The molecule has 2 aromatic rings. The molecule has 6 heteroatoms. The molecule has 0 aliphatic heterocycles. The zero-order chi connectivity index (χ0) is 26.2. The van der Waals surface area contributed by atoms with Crippen LogP contribution in [0.5, 0.6) is 11.5 Å². The summed E-state index contributed by atoms with van der Waals surface area (Å²) in [5.74, 6) is -1.09. The SMILES string of the molecule is CCCCOC1CCC(c2ccc(OCC3CCC(c4ccc(OCC)c(F)c4)CC3)c(F)c2F)CC1. The quantitative estimate of drug-likeness (QED) is 0.279. The second-order valence-corrected chi connectivity index (χ2v) is 10.6. The lowest BCUT2D eigenvalue weighted by atomic mass is 9.79. The fourth-order valence-corrected chi connectivity index (χ4v) is 5.82. The Morgan fingerprint density at radius 3 is 2.14 bits per heavy atom. The molecule has 0 unspecified atom stereocenters. The standard InChI is InChI=1S/C31H41F3O3/c1-3-5-18-36-25-13-10-23(11-14-25)26-15-17-29(31(34)30(26)33)37-20-21-6-8-22(9-7-21)24-12-16-28(35-4-2)27(32)19-24/h12,15-17,19,21-23,25H,3-11,13-14,18,20H2,1-2H3. The zero-order valence-corrected chi connectivity index (χ0v) is 22.2. The van der Waals surface area contributed by atoms with E-state index in [0.717, 1.165) is 76.4 Å². The molecule has 204 valence electrons. The Labute approximate surface area is 219 Å². The molecule has 0 radical (unpaired) electrons. The van der Waals surface area contributed by atoms with Crippen molar-refractivity contribution in [3.05, 3.63) is 58.9 Å². The van der Waals surface area contributed by atoms with Crippen LogP contribution in [0.25, 0.3) is 0 Å². The normalized spacial score (nSPS) is 24.1. The van der Waals surface area contributed by atoms with Crippen molar-refractivity contribution >= 4 is 0 Å². The maximum Gasteiger partial charge on any atom is 0.200 e. The van der Waals surface area contributed by atoms with Crippen LogP contribution in [-0.4, -0.2) is 25.9 Å². The van der Waals surface area contributed by atoms with Gasteiger partial charge in [-0.25, -0.2) is 8.78 Å². The van der Waals surface area contributed by atoms with Gasteiger partial charge in [0.25, 0.3) is 0 Å². The zero-order valence-electron chi connectivity index (χ0n) is 22.2. The first-order valence-corrected chi connectivity index (χ1v) is 14.1. The summed E-state index contributed by atoms with van der Waals surface area (Å²) in [6, 6.07) is 8.52. The van der Waals surface area contributed by atoms with Crippen molar-refractivity contribution in [1.82, 2.24) is 0 Å². The third kappa shape index (κ3) is 7.22. The van der Waals surface area contributed by atoms with E-state index >= 15 is 0 Å². The number of unbranched alkanes of at least 4 members (excludes halogenated alkanes) is 1. The molecule has 3 nitrogen and oxygen atoms in total. The highest BCUT2D eigenvalue weighted by Gasteiger charge is 2.28. The highest BCUT2D eigenvalue weighted by atomic mass is 19.2. The van der Waals surface area contributed by atoms with Crippen LogP contribution in [0.1, 0.15) is 101 Å². The van der Waals surface area contributed by atoms with Crippen LogP contribution in [0.3, 0.4) is 0 Å². The van der Waals surface area contributed by atoms with Crippen LogP contribution < -0.4 is 9.47 Å². The summed E-state index contributed by atoms with van der Waals surface area (Å²) in [4.78, 5) is 0. The molecule has 0 atom stereocenters. The summed E-state index contributed by atoms with van der Waals surface area (Å²) in [6.45, 7) is 5.55. The molecule has 4 rings (SSSR count).